The summed E-state index contributed by atoms with van der Waals surface area (Å²) in [6, 6.07) is 8.46. The van der Waals surface area contributed by atoms with Crippen LogP contribution in [0, 0.1) is 6.92 Å². The topological polar surface area (TPSA) is 58.5 Å². The fourth-order valence-corrected chi connectivity index (χ4v) is 3.40. The summed E-state index contributed by atoms with van der Waals surface area (Å²) in [5.41, 5.74) is 3.15. The van der Waals surface area contributed by atoms with Crippen LogP contribution in [0.25, 0.3) is 0 Å². The van der Waals surface area contributed by atoms with Gasteiger partial charge in [-0.05, 0) is 57.0 Å². The van der Waals surface area contributed by atoms with E-state index in [4.69, 9.17) is 4.74 Å². The van der Waals surface area contributed by atoms with E-state index in [0.717, 1.165) is 42.3 Å². The number of aliphatic hydroxyl groups is 1. The van der Waals surface area contributed by atoms with Gasteiger partial charge in [0.05, 0.1) is 24.9 Å². The molecule has 1 aliphatic heterocycles. The zero-order valence-electron chi connectivity index (χ0n) is 14.4. The van der Waals surface area contributed by atoms with E-state index in [1.165, 1.54) is 12.0 Å². The first-order valence-corrected chi connectivity index (χ1v) is 8.60. The smallest absolute Gasteiger partial charge is 0.125 e. The van der Waals surface area contributed by atoms with Gasteiger partial charge in [0.25, 0.3) is 0 Å². The van der Waals surface area contributed by atoms with Crippen LogP contribution in [0.15, 0.2) is 30.5 Å². The fourth-order valence-electron chi connectivity index (χ4n) is 3.40. The molecule has 128 valence electrons. The van der Waals surface area contributed by atoms with Gasteiger partial charge in [-0.2, -0.15) is 0 Å². The Hall–Kier alpha value is -1.98. The molecule has 1 aromatic carbocycles. The number of rotatable bonds is 6. The second-order valence-corrected chi connectivity index (χ2v) is 6.19. The maximum atomic E-state index is 9.58. The lowest BCUT2D eigenvalue weighted by Crippen LogP contribution is -2.23. The predicted molar refractivity (Wildman–Crippen MR) is 92.7 cm³/mol. The first-order valence-electron chi connectivity index (χ1n) is 8.60. The predicted octanol–water partition coefficient (Wildman–Crippen LogP) is 3.01. The van der Waals surface area contributed by atoms with Crippen molar-refractivity contribution in [3.8, 4) is 5.75 Å². The largest absolute Gasteiger partial charge is 0.494 e. The molecular weight excluding hydrogens is 302 g/mol. The highest BCUT2D eigenvalue weighted by Gasteiger charge is 2.27. The number of aromatic nitrogens is 2. The van der Waals surface area contributed by atoms with Crippen molar-refractivity contribution in [1.29, 1.82) is 0 Å². The number of nitrogens with zero attached hydrogens (tertiary/aromatic N) is 3. The van der Waals surface area contributed by atoms with E-state index in [9.17, 15) is 5.11 Å². The van der Waals surface area contributed by atoms with Gasteiger partial charge in [-0.1, -0.05) is 6.07 Å². The number of hydrogen-bond donors (Lipinski definition) is 1. The van der Waals surface area contributed by atoms with Gasteiger partial charge < -0.3 is 9.84 Å². The highest BCUT2D eigenvalue weighted by atomic mass is 16.5. The zero-order chi connectivity index (χ0) is 16.9. The molecule has 1 N–H and O–H groups in total. The molecule has 0 bridgehead atoms. The van der Waals surface area contributed by atoms with E-state index in [1.807, 2.05) is 38.2 Å². The normalized spacial score (nSPS) is 18.0. The van der Waals surface area contributed by atoms with Crippen LogP contribution in [0.2, 0.25) is 0 Å². The summed E-state index contributed by atoms with van der Waals surface area (Å²) < 4.78 is 5.57. The van der Waals surface area contributed by atoms with Gasteiger partial charge in [0.15, 0.2) is 0 Å². The van der Waals surface area contributed by atoms with Gasteiger partial charge in [0.1, 0.15) is 11.6 Å². The van der Waals surface area contributed by atoms with Crippen LogP contribution >= 0.6 is 0 Å². The number of benzene rings is 1. The molecule has 3 rings (SSSR count). The summed E-state index contributed by atoms with van der Waals surface area (Å²) in [6.07, 6.45) is 4.15. The van der Waals surface area contributed by atoms with Crippen LogP contribution in [0.5, 0.6) is 5.75 Å². The second kappa shape index (κ2) is 7.73. The lowest BCUT2D eigenvalue weighted by atomic mass is 10.1. The standard InChI is InChI=1S/C19H25N3O2/c1-3-24-19-7-6-15(11-16(19)13-23)12-22-10-4-5-18(22)17-8-9-20-14(2)21-17/h6-9,11,18,23H,3-5,10,12-13H2,1-2H3/t18-/m0/s1. The third-order valence-electron chi connectivity index (χ3n) is 4.48. The maximum absolute atomic E-state index is 9.58. The van der Waals surface area contributed by atoms with Crippen molar-refractivity contribution < 1.29 is 9.84 Å². The SMILES string of the molecule is CCOc1ccc(CN2CCC[C@H]2c2ccnc(C)n2)cc1CO. The van der Waals surface area contributed by atoms with Crippen molar-refractivity contribution in [2.45, 2.75) is 45.9 Å². The molecule has 5 nitrogen and oxygen atoms in total. The fraction of sp³-hybridized carbons (Fsp3) is 0.474. The molecule has 2 heterocycles. The van der Waals surface area contributed by atoms with Crippen LogP contribution in [-0.2, 0) is 13.2 Å². The molecule has 1 saturated heterocycles. The Morgan fingerprint density at radius 2 is 2.21 bits per heavy atom. The molecule has 1 atom stereocenters. The molecule has 1 aromatic heterocycles. The first kappa shape index (κ1) is 16.9. The van der Waals surface area contributed by atoms with Crippen LogP contribution in [-0.4, -0.2) is 33.1 Å². The van der Waals surface area contributed by atoms with Gasteiger partial charge in [-0.3, -0.25) is 4.90 Å². The van der Waals surface area contributed by atoms with Crippen LogP contribution in [0.1, 0.15) is 48.5 Å². The van der Waals surface area contributed by atoms with Crippen LogP contribution in [0.4, 0.5) is 0 Å². The minimum atomic E-state index is -0.00227. The van der Waals surface area contributed by atoms with Gasteiger partial charge >= 0.3 is 0 Å². The Morgan fingerprint density at radius 3 is 2.96 bits per heavy atom. The number of likely N-dealkylation sites (tertiary alicyclic amines) is 1. The zero-order valence-corrected chi connectivity index (χ0v) is 14.4. The first-order chi connectivity index (χ1) is 11.7. The van der Waals surface area contributed by atoms with E-state index in [2.05, 4.69) is 20.9 Å². The number of aliphatic hydroxyl groups excluding tert-OH is 1. The Balaban J connectivity index is 1.77. The quantitative estimate of drug-likeness (QED) is 0.884. The Morgan fingerprint density at radius 1 is 1.33 bits per heavy atom. The van der Waals surface area contributed by atoms with Crippen LogP contribution in [0.3, 0.4) is 0 Å². The molecule has 0 aliphatic carbocycles. The lowest BCUT2D eigenvalue weighted by molar-refractivity contribution is 0.242. The summed E-state index contributed by atoms with van der Waals surface area (Å²) in [5.74, 6) is 1.59. The molecule has 0 amide bonds. The molecule has 0 radical (unpaired) electrons. The number of aryl methyl sites for hydroxylation is 1. The minimum absolute atomic E-state index is 0.00227. The van der Waals surface area contributed by atoms with Crippen LogP contribution < -0.4 is 4.74 Å². The average Bonchev–Trinajstić information content (AvgIpc) is 3.04. The molecule has 24 heavy (non-hydrogen) atoms. The summed E-state index contributed by atoms with van der Waals surface area (Å²) in [5, 5.41) is 9.58. The summed E-state index contributed by atoms with van der Waals surface area (Å²) >= 11 is 0. The monoisotopic (exact) mass is 327 g/mol. The van der Waals surface area contributed by atoms with Crippen molar-refractivity contribution in [3.05, 3.63) is 53.1 Å². The van der Waals surface area contributed by atoms with E-state index >= 15 is 0 Å². The number of ether oxygens (including phenoxy) is 1. The molecule has 0 spiro atoms. The Kier molecular flexibility index (Phi) is 5.43. The van der Waals surface area contributed by atoms with Crippen molar-refractivity contribution in [2.75, 3.05) is 13.2 Å². The molecular formula is C19H25N3O2. The van der Waals surface area contributed by atoms with Gasteiger partial charge in [0.2, 0.25) is 0 Å². The third kappa shape index (κ3) is 3.74. The highest BCUT2D eigenvalue weighted by Crippen LogP contribution is 2.32. The minimum Gasteiger partial charge on any atom is -0.494 e. The van der Waals surface area contributed by atoms with Crippen molar-refractivity contribution in [2.24, 2.45) is 0 Å². The lowest BCUT2D eigenvalue weighted by Gasteiger charge is -2.24. The van der Waals surface area contributed by atoms with Gasteiger partial charge in [-0.15, -0.1) is 0 Å². The van der Waals surface area contributed by atoms with E-state index in [0.29, 0.717) is 12.6 Å². The van der Waals surface area contributed by atoms with Gasteiger partial charge in [0, 0.05) is 18.3 Å². The van der Waals surface area contributed by atoms with Gasteiger partial charge in [-0.25, -0.2) is 9.97 Å². The molecule has 5 heteroatoms. The van der Waals surface area contributed by atoms with Crippen molar-refractivity contribution in [1.82, 2.24) is 14.9 Å². The summed E-state index contributed by atoms with van der Waals surface area (Å²) in [6.45, 7) is 6.41. The highest BCUT2D eigenvalue weighted by molar-refractivity contribution is 5.37. The van der Waals surface area contributed by atoms with Crippen molar-refractivity contribution in [3.63, 3.8) is 0 Å². The number of hydrogen-bond acceptors (Lipinski definition) is 5. The molecule has 1 fully saturated rings. The van der Waals surface area contributed by atoms with E-state index in [1.54, 1.807) is 0 Å². The third-order valence-corrected chi connectivity index (χ3v) is 4.48. The van der Waals surface area contributed by atoms with E-state index < -0.39 is 0 Å². The second-order valence-electron chi connectivity index (χ2n) is 6.19. The average molecular weight is 327 g/mol. The Labute approximate surface area is 143 Å². The molecule has 0 unspecified atom stereocenters. The summed E-state index contributed by atoms with van der Waals surface area (Å²) in [7, 11) is 0. The molecule has 1 aliphatic rings. The summed E-state index contributed by atoms with van der Waals surface area (Å²) in [4.78, 5) is 11.3. The Bertz CT molecular complexity index is 690. The van der Waals surface area contributed by atoms with Crippen molar-refractivity contribution >= 4 is 0 Å². The maximum Gasteiger partial charge on any atom is 0.125 e. The molecule has 0 saturated carbocycles. The molecule has 2 aromatic rings. The van der Waals surface area contributed by atoms with E-state index in [-0.39, 0.29) is 6.61 Å².